The molecule has 152 valence electrons. The Morgan fingerprint density at radius 1 is 1.00 bits per heavy atom. The minimum Gasteiger partial charge on any atom is -0.497 e. The van der Waals surface area contributed by atoms with Gasteiger partial charge in [-0.3, -0.25) is 9.59 Å². The van der Waals surface area contributed by atoms with Crippen molar-refractivity contribution in [1.29, 1.82) is 0 Å². The van der Waals surface area contributed by atoms with Gasteiger partial charge < -0.3 is 15.0 Å². The SMILES string of the molecule is COc1cccc(N2C[C@@H](NC(=O)Cc3ccc(-c4ccccc4)cc3)CC2=O)c1. The van der Waals surface area contributed by atoms with Gasteiger partial charge in [0.25, 0.3) is 0 Å². The Balaban J connectivity index is 1.35. The molecule has 2 amide bonds. The Morgan fingerprint density at radius 3 is 2.47 bits per heavy atom. The molecule has 1 heterocycles. The van der Waals surface area contributed by atoms with Crippen molar-refractivity contribution in [1.82, 2.24) is 5.32 Å². The van der Waals surface area contributed by atoms with E-state index in [9.17, 15) is 9.59 Å². The van der Waals surface area contributed by atoms with E-state index in [1.165, 1.54) is 0 Å². The zero-order chi connectivity index (χ0) is 20.9. The Labute approximate surface area is 176 Å². The molecule has 1 aliphatic heterocycles. The van der Waals surface area contributed by atoms with E-state index in [1.807, 2.05) is 66.7 Å². The second-order valence-electron chi connectivity index (χ2n) is 7.41. The fourth-order valence-corrected chi connectivity index (χ4v) is 3.74. The summed E-state index contributed by atoms with van der Waals surface area (Å²) in [5, 5.41) is 3.00. The van der Waals surface area contributed by atoms with E-state index in [0.717, 1.165) is 22.4 Å². The largest absolute Gasteiger partial charge is 0.497 e. The third-order valence-corrected chi connectivity index (χ3v) is 5.28. The molecule has 0 spiro atoms. The summed E-state index contributed by atoms with van der Waals surface area (Å²) >= 11 is 0. The maximum Gasteiger partial charge on any atom is 0.229 e. The van der Waals surface area contributed by atoms with Crippen LogP contribution in [0.15, 0.2) is 78.9 Å². The lowest BCUT2D eigenvalue weighted by atomic mass is 10.0. The number of nitrogens with zero attached hydrogens (tertiary/aromatic N) is 1. The molecule has 0 radical (unpaired) electrons. The standard InChI is InChI=1S/C25H24N2O3/c1-30-23-9-5-8-22(16-23)27-17-21(15-25(27)29)26-24(28)14-18-10-12-20(13-11-18)19-6-3-2-4-7-19/h2-13,16,21H,14-15,17H2,1H3,(H,26,28)/t21-/m0/s1. The number of carbonyl (C=O) groups excluding carboxylic acids is 2. The van der Waals surface area contributed by atoms with Crippen molar-refractivity contribution in [3.63, 3.8) is 0 Å². The van der Waals surface area contributed by atoms with Crippen LogP contribution in [-0.2, 0) is 16.0 Å². The predicted molar refractivity (Wildman–Crippen MR) is 117 cm³/mol. The monoisotopic (exact) mass is 400 g/mol. The number of rotatable bonds is 6. The van der Waals surface area contributed by atoms with Crippen LogP contribution in [-0.4, -0.2) is 31.5 Å². The average Bonchev–Trinajstić information content (AvgIpc) is 3.14. The molecule has 0 bridgehead atoms. The lowest BCUT2D eigenvalue weighted by Crippen LogP contribution is -2.38. The summed E-state index contributed by atoms with van der Waals surface area (Å²) in [6.45, 7) is 0.463. The summed E-state index contributed by atoms with van der Waals surface area (Å²) in [7, 11) is 1.60. The Bertz CT molecular complexity index is 1030. The molecule has 30 heavy (non-hydrogen) atoms. The highest BCUT2D eigenvalue weighted by atomic mass is 16.5. The molecule has 1 atom stereocenters. The van der Waals surface area contributed by atoms with Crippen molar-refractivity contribution in [3.8, 4) is 16.9 Å². The third-order valence-electron chi connectivity index (χ3n) is 5.28. The number of methoxy groups -OCH3 is 1. The second kappa shape index (κ2) is 8.82. The number of ether oxygens (including phenoxy) is 1. The highest BCUT2D eigenvalue weighted by molar-refractivity contribution is 5.97. The van der Waals surface area contributed by atoms with Gasteiger partial charge >= 0.3 is 0 Å². The summed E-state index contributed by atoms with van der Waals surface area (Å²) in [6, 6.07) is 25.3. The van der Waals surface area contributed by atoms with Crippen molar-refractivity contribution in [2.75, 3.05) is 18.6 Å². The molecule has 5 nitrogen and oxygen atoms in total. The van der Waals surface area contributed by atoms with E-state index < -0.39 is 0 Å². The van der Waals surface area contributed by atoms with Crippen LogP contribution in [0.3, 0.4) is 0 Å². The van der Waals surface area contributed by atoms with Gasteiger partial charge in [-0.2, -0.15) is 0 Å². The van der Waals surface area contributed by atoms with Gasteiger partial charge in [-0.15, -0.1) is 0 Å². The van der Waals surface area contributed by atoms with E-state index in [4.69, 9.17) is 4.74 Å². The predicted octanol–water partition coefficient (Wildman–Crippen LogP) is 3.83. The number of nitrogens with one attached hydrogen (secondary N) is 1. The van der Waals surface area contributed by atoms with Crippen molar-refractivity contribution < 1.29 is 14.3 Å². The Morgan fingerprint density at radius 2 is 1.73 bits per heavy atom. The quantitative estimate of drug-likeness (QED) is 0.684. The lowest BCUT2D eigenvalue weighted by molar-refractivity contribution is -0.121. The number of hydrogen-bond donors (Lipinski definition) is 1. The van der Waals surface area contributed by atoms with Crippen molar-refractivity contribution in [2.24, 2.45) is 0 Å². The van der Waals surface area contributed by atoms with E-state index >= 15 is 0 Å². The Kier molecular flexibility index (Phi) is 5.80. The molecule has 1 saturated heterocycles. The first-order valence-corrected chi connectivity index (χ1v) is 10.0. The van der Waals surface area contributed by atoms with Crippen molar-refractivity contribution in [2.45, 2.75) is 18.9 Å². The van der Waals surface area contributed by atoms with Gasteiger partial charge in [0, 0.05) is 24.7 Å². The molecular formula is C25H24N2O3. The molecule has 0 unspecified atom stereocenters. The molecule has 0 aromatic heterocycles. The van der Waals surface area contributed by atoms with Crippen LogP contribution in [0, 0.1) is 0 Å². The van der Waals surface area contributed by atoms with Gasteiger partial charge in [0.05, 0.1) is 19.6 Å². The number of hydrogen-bond acceptors (Lipinski definition) is 3. The van der Waals surface area contributed by atoms with Crippen molar-refractivity contribution >= 4 is 17.5 Å². The van der Waals surface area contributed by atoms with Gasteiger partial charge in [0.15, 0.2) is 0 Å². The summed E-state index contributed by atoms with van der Waals surface area (Å²) in [5.41, 5.74) is 4.00. The van der Waals surface area contributed by atoms with E-state index in [-0.39, 0.29) is 17.9 Å². The average molecular weight is 400 g/mol. The number of anilines is 1. The zero-order valence-electron chi connectivity index (χ0n) is 16.9. The molecule has 1 aliphatic rings. The van der Waals surface area contributed by atoms with Crippen LogP contribution in [0.25, 0.3) is 11.1 Å². The summed E-state index contributed by atoms with van der Waals surface area (Å²) < 4.78 is 5.24. The summed E-state index contributed by atoms with van der Waals surface area (Å²) in [6.07, 6.45) is 0.592. The number of benzene rings is 3. The Hall–Kier alpha value is -3.60. The molecular weight excluding hydrogens is 376 g/mol. The van der Waals surface area contributed by atoms with E-state index in [2.05, 4.69) is 17.4 Å². The van der Waals surface area contributed by atoms with Gasteiger partial charge in [0.2, 0.25) is 11.8 Å². The van der Waals surface area contributed by atoms with Crippen molar-refractivity contribution in [3.05, 3.63) is 84.4 Å². The molecule has 1 fully saturated rings. The maximum absolute atomic E-state index is 12.5. The van der Waals surface area contributed by atoms with Gasteiger partial charge in [-0.05, 0) is 28.8 Å². The smallest absolute Gasteiger partial charge is 0.229 e. The topological polar surface area (TPSA) is 58.6 Å². The minimum absolute atomic E-state index is 0.000710. The van der Waals surface area contributed by atoms with Crippen LogP contribution >= 0.6 is 0 Å². The highest BCUT2D eigenvalue weighted by Crippen LogP contribution is 2.25. The molecule has 3 aromatic rings. The first-order valence-electron chi connectivity index (χ1n) is 10.0. The number of carbonyl (C=O) groups is 2. The van der Waals surface area contributed by atoms with Gasteiger partial charge in [-0.25, -0.2) is 0 Å². The summed E-state index contributed by atoms with van der Waals surface area (Å²) in [5.74, 6) is 0.625. The van der Waals surface area contributed by atoms with Gasteiger partial charge in [0.1, 0.15) is 5.75 Å². The minimum atomic E-state index is -0.195. The highest BCUT2D eigenvalue weighted by Gasteiger charge is 2.31. The van der Waals surface area contributed by atoms with Crippen LogP contribution < -0.4 is 15.0 Å². The van der Waals surface area contributed by atoms with Gasteiger partial charge in [-0.1, -0.05) is 60.7 Å². The maximum atomic E-state index is 12.5. The third kappa shape index (κ3) is 4.51. The van der Waals surface area contributed by atoms with Crippen LogP contribution in [0.1, 0.15) is 12.0 Å². The molecule has 4 rings (SSSR count). The number of amides is 2. The second-order valence-corrected chi connectivity index (χ2v) is 7.41. The molecule has 5 heteroatoms. The molecule has 0 saturated carbocycles. The fourth-order valence-electron chi connectivity index (χ4n) is 3.74. The molecule has 1 N–H and O–H groups in total. The normalized spacial score (nSPS) is 15.8. The first kappa shape index (κ1) is 19.7. The zero-order valence-corrected chi connectivity index (χ0v) is 16.9. The lowest BCUT2D eigenvalue weighted by Gasteiger charge is -2.18. The summed E-state index contributed by atoms with van der Waals surface area (Å²) in [4.78, 5) is 26.6. The van der Waals surface area contributed by atoms with Crippen LogP contribution in [0.4, 0.5) is 5.69 Å². The van der Waals surface area contributed by atoms with Crippen LogP contribution in [0.2, 0.25) is 0 Å². The fraction of sp³-hybridized carbons (Fsp3) is 0.200. The van der Waals surface area contributed by atoms with Crippen LogP contribution in [0.5, 0.6) is 5.75 Å². The first-order chi connectivity index (χ1) is 14.6. The molecule has 0 aliphatic carbocycles. The molecule has 3 aromatic carbocycles. The van der Waals surface area contributed by atoms with E-state index in [0.29, 0.717) is 25.1 Å². The van der Waals surface area contributed by atoms with E-state index in [1.54, 1.807) is 12.0 Å².